The molecule has 0 spiro atoms. The van der Waals surface area contributed by atoms with Gasteiger partial charge in [-0.3, -0.25) is 4.79 Å². The number of carbonyl (C=O) groups is 1. The van der Waals surface area contributed by atoms with Crippen molar-refractivity contribution in [2.24, 2.45) is 0 Å². The van der Waals surface area contributed by atoms with Crippen molar-refractivity contribution in [3.63, 3.8) is 0 Å². The second-order valence-corrected chi connectivity index (χ2v) is 20.4. The highest BCUT2D eigenvalue weighted by Crippen LogP contribution is 2.37. The van der Waals surface area contributed by atoms with Crippen LogP contribution in [-0.2, 0) is 66.4 Å². The van der Waals surface area contributed by atoms with Crippen molar-refractivity contribution >= 4 is 5.91 Å². The second-order valence-electron chi connectivity index (χ2n) is 20.4. The topological polar surface area (TPSA) is 594 Å². The van der Waals surface area contributed by atoms with Crippen LogP contribution in [0.25, 0.3) is 0 Å². The predicted molar refractivity (Wildman–Crippen MR) is 243 cm³/mol. The molecule has 472 valence electrons. The number of aliphatic hydroxyl groups excluding tert-OH is 22. The summed E-state index contributed by atoms with van der Waals surface area (Å²) in [4.78, 5) is 12.1. The maximum atomic E-state index is 12.1. The Morgan fingerprint density at radius 2 is 0.605 bits per heavy atom. The maximum absolute atomic E-state index is 12.1. The Morgan fingerprint density at radius 3 is 0.988 bits per heavy atom. The molecule has 7 aliphatic heterocycles. The first kappa shape index (κ1) is 66.6. The van der Waals surface area contributed by atoms with Crippen LogP contribution in [0.3, 0.4) is 0 Å². The first-order chi connectivity index (χ1) is 38.3. The molecule has 37 nitrogen and oxygen atoms in total. The lowest BCUT2D eigenvalue weighted by Gasteiger charge is -2.49. The summed E-state index contributed by atoms with van der Waals surface area (Å²) < 4.78 is 73.5. The van der Waals surface area contributed by atoms with Gasteiger partial charge in [0.25, 0.3) is 0 Å². The van der Waals surface area contributed by atoms with E-state index in [0.717, 1.165) is 6.92 Å². The SMILES string of the molecule is CC(=O)N[C@H]1C(O)O[C@H](CO)[C@@H](O[C@@H]2O[C@H](CO[C@H]3O[C@H](CO[C@H]4O[C@H](CO)[C@@H](O)[C@H](O)[C@@H]4O)[C@@H](O)[C@H](O[C@H]4O[C@H](CO)[C@@H](O)[C@H](O)[C@@H]4O)[C@@H]3O)[C@@H](O)[C@H](O[C@H]3O[C@H](CO)[C@@H](O)[C@H](O[C@H]4O[C@H](CO)[C@@H](O)[C@H](O)[C@H]4O)[C@@H]3O)[C@@H]2O)[C@@H]1O. The van der Waals surface area contributed by atoms with Gasteiger partial charge in [-0.05, 0) is 0 Å². The fraction of sp³-hybridized carbons (Fsp3) is 0.977. The molecular formula is C44H75NO36. The van der Waals surface area contributed by atoms with Gasteiger partial charge in [-0.1, -0.05) is 0 Å². The summed E-state index contributed by atoms with van der Waals surface area (Å²) in [5, 5.41) is 238. The van der Waals surface area contributed by atoms with Crippen LogP contribution in [0.5, 0.6) is 0 Å². The Balaban J connectivity index is 1.17. The normalized spacial score (nSPS) is 51.9. The lowest BCUT2D eigenvalue weighted by atomic mass is 9.95. The minimum atomic E-state index is -2.35. The van der Waals surface area contributed by atoms with Crippen LogP contribution in [0.2, 0.25) is 0 Å². The van der Waals surface area contributed by atoms with E-state index < -0.39 is 267 Å². The van der Waals surface area contributed by atoms with E-state index in [9.17, 15) is 117 Å². The summed E-state index contributed by atoms with van der Waals surface area (Å²) in [6.45, 7) is -5.80. The van der Waals surface area contributed by atoms with Crippen molar-refractivity contribution in [2.75, 3.05) is 46.2 Å². The molecule has 35 atom stereocenters. The first-order valence-electron chi connectivity index (χ1n) is 25.6. The molecule has 7 rings (SSSR count). The van der Waals surface area contributed by atoms with E-state index in [-0.39, 0.29) is 0 Å². The van der Waals surface area contributed by atoms with Gasteiger partial charge in [0.1, 0.15) is 171 Å². The van der Waals surface area contributed by atoms with E-state index >= 15 is 0 Å². The summed E-state index contributed by atoms with van der Waals surface area (Å²) in [5.74, 6) is -0.792. The van der Waals surface area contributed by atoms with E-state index in [2.05, 4.69) is 5.32 Å². The molecule has 1 amide bonds. The molecule has 81 heavy (non-hydrogen) atoms. The molecule has 0 bridgehead atoms. The van der Waals surface area contributed by atoms with Crippen LogP contribution in [0.1, 0.15) is 6.92 Å². The average molecular weight is 1190 g/mol. The van der Waals surface area contributed by atoms with Gasteiger partial charge in [-0.2, -0.15) is 0 Å². The number of amides is 1. The van der Waals surface area contributed by atoms with Crippen LogP contribution >= 0.6 is 0 Å². The smallest absolute Gasteiger partial charge is 0.217 e. The Bertz CT molecular complexity index is 1940. The van der Waals surface area contributed by atoms with Crippen LogP contribution in [0.4, 0.5) is 0 Å². The monoisotopic (exact) mass is 1190 g/mol. The predicted octanol–water partition coefficient (Wildman–Crippen LogP) is -16.1. The van der Waals surface area contributed by atoms with Crippen LogP contribution < -0.4 is 5.32 Å². The minimum absolute atomic E-state index is 0.792. The number of hydrogen-bond donors (Lipinski definition) is 23. The van der Waals surface area contributed by atoms with Gasteiger partial charge in [-0.15, -0.1) is 0 Å². The summed E-state index contributed by atoms with van der Waals surface area (Å²) >= 11 is 0. The highest BCUT2D eigenvalue weighted by atomic mass is 16.8. The van der Waals surface area contributed by atoms with Gasteiger partial charge in [0.2, 0.25) is 5.91 Å². The van der Waals surface area contributed by atoms with Gasteiger partial charge in [0.05, 0.1) is 46.2 Å². The van der Waals surface area contributed by atoms with Gasteiger partial charge in [-0.25, -0.2) is 0 Å². The number of nitrogens with one attached hydrogen (secondary N) is 1. The van der Waals surface area contributed by atoms with Crippen LogP contribution in [0, 0.1) is 0 Å². The Hall–Kier alpha value is -1.93. The van der Waals surface area contributed by atoms with Gasteiger partial charge in [0.15, 0.2) is 44.0 Å². The van der Waals surface area contributed by atoms with E-state index in [1.54, 1.807) is 0 Å². The molecule has 1 unspecified atom stereocenters. The average Bonchev–Trinajstić information content (AvgIpc) is 3.52. The van der Waals surface area contributed by atoms with Gasteiger partial charge >= 0.3 is 0 Å². The zero-order valence-electron chi connectivity index (χ0n) is 42.7. The molecule has 7 aliphatic rings. The quantitative estimate of drug-likeness (QED) is 0.0538. The van der Waals surface area contributed by atoms with Crippen molar-refractivity contribution in [1.82, 2.24) is 5.32 Å². The number of ether oxygens (including phenoxy) is 13. The van der Waals surface area contributed by atoms with Crippen molar-refractivity contribution in [1.29, 1.82) is 0 Å². The van der Waals surface area contributed by atoms with E-state index in [1.807, 2.05) is 0 Å². The van der Waals surface area contributed by atoms with Crippen molar-refractivity contribution in [3.8, 4) is 0 Å². The van der Waals surface area contributed by atoms with E-state index in [1.165, 1.54) is 0 Å². The Kier molecular flexibility index (Phi) is 23.6. The van der Waals surface area contributed by atoms with Gasteiger partial charge in [0, 0.05) is 6.92 Å². The molecule has 0 aromatic heterocycles. The number of hydrogen-bond acceptors (Lipinski definition) is 36. The summed E-state index contributed by atoms with van der Waals surface area (Å²) in [6, 6.07) is -1.67. The summed E-state index contributed by atoms with van der Waals surface area (Å²) in [6.07, 6.45) is -67.7. The Morgan fingerprint density at radius 1 is 0.321 bits per heavy atom. The number of carbonyl (C=O) groups excluding carboxylic acids is 1. The zero-order chi connectivity index (χ0) is 59.6. The standard InChI is InChI=1S/C44H75NO36/c1-9(51)45-17-24(58)34(14(6-50)71-38(17)68)78-44-33(67)37(81-43-32(66)35(21(55)13(5-49)75-43)79-41-29(63)26(60)19(53)11(3-47)73-41)23(57)16(77-44)8-70-40-31(65)36(80-42-30(64)27(61)20(54)12(4-48)74-42)22(56)15(76-40)7-69-39-28(62)25(59)18(52)10(2-46)72-39/h10-44,46-50,52-68H,2-8H2,1H3,(H,45,51)/t10-,11-,12-,13-,14-,15-,16-,17-,18-,19-,20-,21-,22-,23-,24-,25+,26+,27+,28+,29-,30+,31+,32+,33+,34-,35+,36+,37+,38?,39+,40+,41-,42-,43-,44+/m1/s1. The Labute approximate surface area is 457 Å². The highest BCUT2D eigenvalue weighted by Gasteiger charge is 2.58. The molecule has 7 saturated heterocycles. The third kappa shape index (κ3) is 14.2. The molecule has 0 aliphatic carbocycles. The molecular weight excluding hydrogens is 1120 g/mol. The largest absolute Gasteiger partial charge is 0.394 e. The van der Waals surface area contributed by atoms with Crippen LogP contribution in [0.15, 0.2) is 0 Å². The van der Waals surface area contributed by atoms with Gasteiger partial charge < -0.3 is 179 Å². The van der Waals surface area contributed by atoms with Crippen molar-refractivity contribution in [2.45, 2.75) is 222 Å². The second kappa shape index (κ2) is 28.7. The third-order valence-electron chi connectivity index (χ3n) is 14.9. The van der Waals surface area contributed by atoms with Crippen molar-refractivity contribution < 1.29 is 179 Å². The fourth-order valence-corrected chi connectivity index (χ4v) is 10.2. The fourth-order valence-electron chi connectivity index (χ4n) is 10.2. The summed E-state index contributed by atoms with van der Waals surface area (Å²) in [5.41, 5.74) is 0. The third-order valence-corrected chi connectivity index (χ3v) is 14.9. The lowest BCUT2D eigenvalue weighted by Crippen LogP contribution is -2.69. The molecule has 0 saturated carbocycles. The minimum Gasteiger partial charge on any atom is -0.394 e. The highest BCUT2D eigenvalue weighted by molar-refractivity contribution is 5.73. The van der Waals surface area contributed by atoms with E-state index in [0.29, 0.717) is 0 Å². The zero-order valence-corrected chi connectivity index (χ0v) is 42.7. The molecule has 7 heterocycles. The molecule has 7 fully saturated rings. The van der Waals surface area contributed by atoms with E-state index in [4.69, 9.17) is 61.6 Å². The number of rotatable bonds is 20. The molecule has 23 N–H and O–H groups in total. The molecule has 0 aromatic rings. The molecule has 0 radical (unpaired) electrons. The lowest BCUT2D eigenvalue weighted by molar-refractivity contribution is -0.392. The maximum Gasteiger partial charge on any atom is 0.217 e. The van der Waals surface area contributed by atoms with Crippen molar-refractivity contribution in [3.05, 3.63) is 0 Å². The molecule has 37 heteroatoms. The van der Waals surface area contributed by atoms with Crippen LogP contribution in [-0.4, -0.2) is 379 Å². The summed E-state index contributed by atoms with van der Waals surface area (Å²) in [7, 11) is 0. The first-order valence-corrected chi connectivity index (χ1v) is 25.6. The number of aliphatic hydroxyl groups is 22. The molecule has 0 aromatic carbocycles.